The Hall–Kier alpha value is -3.16. The first-order valence-electron chi connectivity index (χ1n) is 14.2. The van der Waals surface area contributed by atoms with E-state index in [0.717, 1.165) is 61.9 Å². The molecule has 7 heteroatoms. The van der Waals surface area contributed by atoms with Crippen LogP contribution in [0.2, 0.25) is 0 Å². The topological polar surface area (TPSA) is 53.8 Å². The average Bonchev–Trinajstić information content (AvgIpc) is 3.27. The molecule has 0 atom stereocenters. The summed E-state index contributed by atoms with van der Waals surface area (Å²) in [5.74, 6) is 1.14. The Morgan fingerprint density at radius 2 is 1.67 bits per heavy atom. The van der Waals surface area contributed by atoms with E-state index in [1.807, 2.05) is 35.2 Å². The third kappa shape index (κ3) is 6.89. The maximum absolute atomic E-state index is 13.9. The molecule has 7 nitrogen and oxygen atoms in total. The van der Waals surface area contributed by atoms with Gasteiger partial charge in [-0.3, -0.25) is 4.79 Å². The van der Waals surface area contributed by atoms with E-state index in [1.165, 1.54) is 5.56 Å². The van der Waals surface area contributed by atoms with Gasteiger partial charge >= 0.3 is 0 Å². The van der Waals surface area contributed by atoms with Crippen LogP contribution in [0.4, 0.5) is 5.82 Å². The molecule has 0 bridgehead atoms. The SMILES string of the molecule is CCN1CCN(c2c(CN(CCCOC)C(=O)c3ccc(C(C)(C)C)cc3)c(C)nn2-c2ccccc2)CC1. The van der Waals surface area contributed by atoms with Gasteiger partial charge in [-0.25, -0.2) is 4.68 Å². The number of aryl methyl sites for hydroxylation is 1. The number of anilines is 1. The molecule has 0 spiro atoms. The molecule has 1 aromatic heterocycles. The highest BCUT2D eigenvalue weighted by Crippen LogP contribution is 2.30. The van der Waals surface area contributed by atoms with Gasteiger partial charge in [0.2, 0.25) is 0 Å². The van der Waals surface area contributed by atoms with Gasteiger partial charge in [0, 0.05) is 57.6 Å². The van der Waals surface area contributed by atoms with E-state index in [1.54, 1.807) is 7.11 Å². The van der Waals surface area contributed by atoms with Crippen LogP contribution in [0.1, 0.15) is 61.3 Å². The molecule has 0 N–H and O–H groups in total. The van der Waals surface area contributed by atoms with Crippen LogP contribution in [0.3, 0.4) is 0 Å². The van der Waals surface area contributed by atoms with Crippen molar-refractivity contribution in [1.29, 1.82) is 0 Å². The zero-order valence-corrected chi connectivity index (χ0v) is 24.6. The number of para-hydroxylation sites is 1. The Labute approximate surface area is 234 Å². The van der Waals surface area contributed by atoms with Gasteiger partial charge in [0.05, 0.1) is 17.9 Å². The minimum Gasteiger partial charge on any atom is -0.385 e. The van der Waals surface area contributed by atoms with E-state index in [9.17, 15) is 4.79 Å². The van der Waals surface area contributed by atoms with Crippen molar-refractivity contribution in [2.24, 2.45) is 0 Å². The fourth-order valence-electron chi connectivity index (χ4n) is 5.22. The second-order valence-electron chi connectivity index (χ2n) is 11.5. The molecule has 2 heterocycles. The zero-order valence-electron chi connectivity index (χ0n) is 24.6. The standard InChI is InChI=1S/C32H45N5O2/c1-7-34-19-21-35(22-20-34)30-29(25(2)33-37(30)28-12-9-8-10-13-28)24-36(18-11-23-39-6)31(38)26-14-16-27(17-15-26)32(3,4)5/h8-10,12-17H,7,11,18-24H2,1-6H3. The second kappa shape index (κ2) is 12.8. The molecule has 1 amide bonds. The molecule has 1 fully saturated rings. The molecule has 210 valence electrons. The maximum atomic E-state index is 13.9. The van der Waals surface area contributed by atoms with Crippen LogP contribution in [0, 0.1) is 6.92 Å². The zero-order chi connectivity index (χ0) is 28.0. The number of piperazine rings is 1. The van der Waals surface area contributed by atoms with Crippen molar-refractivity contribution in [2.45, 2.75) is 53.0 Å². The van der Waals surface area contributed by atoms with Gasteiger partial charge in [-0.15, -0.1) is 0 Å². The molecule has 1 aliphatic heterocycles. The Bertz CT molecular complexity index is 1210. The summed E-state index contributed by atoms with van der Waals surface area (Å²) in [5, 5.41) is 5.01. The maximum Gasteiger partial charge on any atom is 0.254 e. The van der Waals surface area contributed by atoms with Gasteiger partial charge in [0.15, 0.2) is 0 Å². The fourth-order valence-corrected chi connectivity index (χ4v) is 5.22. The molecule has 1 aliphatic rings. The van der Waals surface area contributed by atoms with Crippen molar-refractivity contribution in [3.63, 3.8) is 0 Å². The van der Waals surface area contributed by atoms with Gasteiger partial charge < -0.3 is 19.4 Å². The van der Waals surface area contributed by atoms with Crippen LogP contribution in [-0.4, -0.2) is 78.5 Å². The minimum absolute atomic E-state index is 0.0412. The number of hydrogen-bond donors (Lipinski definition) is 0. The summed E-state index contributed by atoms with van der Waals surface area (Å²) < 4.78 is 7.41. The lowest BCUT2D eigenvalue weighted by molar-refractivity contribution is 0.0723. The van der Waals surface area contributed by atoms with E-state index < -0.39 is 0 Å². The molecule has 0 unspecified atom stereocenters. The lowest BCUT2D eigenvalue weighted by atomic mass is 9.86. The van der Waals surface area contributed by atoms with Gasteiger partial charge in [-0.05, 0) is 55.1 Å². The number of likely N-dealkylation sites (N-methyl/N-ethyl adjacent to an activating group) is 1. The number of rotatable bonds is 10. The van der Waals surface area contributed by atoms with Gasteiger partial charge in [0.25, 0.3) is 5.91 Å². The molecular weight excluding hydrogens is 486 g/mol. The van der Waals surface area contributed by atoms with Crippen LogP contribution < -0.4 is 4.90 Å². The molecule has 39 heavy (non-hydrogen) atoms. The Kier molecular flexibility index (Phi) is 9.46. The van der Waals surface area contributed by atoms with Crippen molar-refractivity contribution in [2.75, 3.05) is 57.9 Å². The van der Waals surface area contributed by atoms with Crippen molar-refractivity contribution in [1.82, 2.24) is 19.6 Å². The largest absolute Gasteiger partial charge is 0.385 e. The summed E-state index contributed by atoms with van der Waals surface area (Å²) >= 11 is 0. The van der Waals surface area contributed by atoms with Crippen LogP contribution in [0.25, 0.3) is 5.69 Å². The quantitative estimate of drug-likeness (QED) is 0.333. The number of carbonyl (C=O) groups is 1. The summed E-state index contributed by atoms with van der Waals surface area (Å²) in [6, 6.07) is 18.4. The van der Waals surface area contributed by atoms with Crippen molar-refractivity contribution >= 4 is 11.7 Å². The van der Waals surface area contributed by atoms with E-state index in [-0.39, 0.29) is 11.3 Å². The highest BCUT2D eigenvalue weighted by atomic mass is 16.5. The van der Waals surface area contributed by atoms with Gasteiger partial charge in [0.1, 0.15) is 5.82 Å². The number of carbonyl (C=O) groups excluding carboxylic acids is 1. The molecule has 3 aromatic rings. The third-order valence-electron chi connectivity index (χ3n) is 7.69. The van der Waals surface area contributed by atoms with E-state index in [0.29, 0.717) is 25.3 Å². The molecule has 1 saturated heterocycles. The smallest absolute Gasteiger partial charge is 0.254 e. The predicted octanol–water partition coefficient (Wildman–Crippen LogP) is 5.30. The molecule has 0 radical (unpaired) electrons. The van der Waals surface area contributed by atoms with Crippen LogP contribution >= 0.6 is 0 Å². The van der Waals surface area contributed by atoms with Crippen LogP contribution in [0.5, 0.6) is 0 Å². The van der Waals surface area contributed by atoms with E-state index in [4.69, 9.17) is 9.84 Å². The van der Waals surface area contributed by atoms with Crippen LogP contribution in [0.15, 0.2) is 54.6 Å². The summed E-state index contributed by atoms with van der Waals surface area (Å²) in [5.41, 5.74) is 5.08. The molecule has 0 aliphatic carbocycles. The Morgan fingerprint density at radius 1 is 1.00 bits per heavy atom. The first kappa shape index (κ1) is 28.8. The number of methoxy groups -OCH3 is 1. The molecular formula is C32H45N5O2. The van der Waals surface area contributed by atoms with Gasteiger partial charge in [-0.1, -0.05) is 58.0 Å². The Balaban J connectivity index is 1.70. The number of aromatic nitrogens is 2. The number of benzene rings is 2. The number of ether oxygens (including phenoxy) is 1. The molecule has 0 saturated carbocycles. The number of nitrogens with zero attached hydrogens (tertiary/aromatic N) is 5. The van der Waals surface area contributed by atoms with Crippen molar-refractivity contribution < 1.29 is 9.53 Å². The lowest BCUT2D eigenvalue weighted by Gasteiger charge is -2.36. The number of amides is 1. The molecule has 2 aromatic carbocycles. The fraction of sp³-hybridized carbons (Fsp3) is 0.500. The first-order chi connectivity index (χ1) is 18.7. The second-order valence-corrected chi connectivity index (χ2v) is 11.5. The van der Waals surface area contributed by atoms with Gasteiger partial charge in [-0.2, -0.15) is 5.10 Å². The third-order valence-corrected chi connectivity index (χ3v) is 7.69. The monoisotopic (exact) mass is 531 g/mol. The predicted molar refractivity (Wildman–Crippen MR) is 159 cm³/mol. The first-order valence-corrected chi connectivity index (χ1v) is 14.2. The summed E-state index contributed by atoms with van der Waals surface area (Å²) in [6.07, 6.45) is 0.776. The Morgan fingerprint density at radius 3 is 2.26 bits per heavy atom. The minimum atomic E-state index is 0.0412. The van der Waals surface area contributed by atoms with E-state index >= 15 is 0 Å². The van der Waals surface area contributed by atoms with Crippen molar-refractivity contribution in [3.8, 4) is 5.69 Å². The number of hydrogen-bond acceptors (Lipinski definition) is 5. The highest BCUT2D eigenvalue weighted by molar-refractivity contribution is 5.94. The summed E-state index contributed by atoms with van der Waals surface area (Å²) in [4.78, 5) is 20.8. The normalized spacial score (nSPS) is 14.6. The summed E-state index contributed by atoms with van der Waals surface area (Å²) in [7, 11) is 1.71. The van der Waals surface area contributed by atoms with E-state index in [2.05, 4.69) is 73.4 Å². The summed E-state index contributed by atoms with van der Waals surface area (Å²) in [6.45, 7) is 17.6. The average molecular weight is 532 g/mol. The lowest BCUT2D eigenvalue weighted by Crippen LogP contribution is -2.47. The molecule has 4 rings (SSSR count). The highest BCUT2D eigenvalue weighted by Gasteiger charge is 2.28. The van der Waals surface area contributed by atoms with Crippen LogP contribution in [-0.2, 0) is 16.7 Å². The van der Waals surface area contributed by atoms with Crippen molar-refractivity contribution in [3.05, 3.63) is 77.0 Å².